The van der Waals surface area contributed by atoms with E-state index in [0.29, 0.717) is 12.1 Å². The van der Waals surface area contributed by atoms with Crippen LogP contribution in [0.15, 0.2) is 72.8 Å². The van der Waals surface area contributed by atoms with Crippen LogP contribution in [0.3, 0.4) is 0 Å². The topological polar surface area (TPSA) is 38.8 Å². The highest BCUT2D eigenvalue weighted by Crippen LogP contribution is 2.37. The lowest BCUT2D eigenvalue weighted by atomic mass is 9.87. The van der Waals surface area contributed by atoms with Crippen LogP contribution in [0.1, 0.15) is 52.5 Å². The van der Waals surface area contributed by atoms with Gasteiger partial charge in [-0.3, -0.25) is 4.90 Å². The molecule has 0 N–H and O–H groups in total. The van der Waals surface area contributed by atoms with Crippen molar-refractivity contribution in [2.24, 2.45) is 0 Å². The summed E-state index contributed by atoms with van der Waals surface area (Å²) in [5, 5.41) is 0. The van der Waals surface area contributed by atoms with Crippen LogP contribution in [0.25, 0.3) is 0 Å². The lowest BCUT2D eigenvalue weighted by Gasteiger charge is -2.38. The maximum Gasteiger partial charge on any atom is 0.338 e. The third kappa shape index (κ3) is 4.64. The molecule has 4 nitrogen and oxygen atoms in total. The normalized spacial score (nSPS) is 16.1. The first-order chi connectivity index (χ1) is 15.1. The van der Waals surface area contributed by atoms with Gasteiger partial charge in [0.05, 0.1) is 24.8 Å². The number of hydrogen-bond acceptors (Lipinski definition) is 4. The van der Waals surface area contributed by atoms with Gasteiger partial charge in [0.15, 0.2) is 0 Å². The smallest absolute Gasteiger partial charge is 0.338 e. The average Bonchev–Trinajstić information content (AvgIpc) is 2.79. The molecule has 1 unspecified atom stereocenters. The fraction of sp³-hybridized carbons (Fsp3) is 0.296. The van der Waals surface area contributed by atoms with E-state index in [9.17, 15) is 4.79 Å². The van der Waals surface area contributed by atoms with Crippen LogP contribution in [0.4, 0.5) is 0 Å². The predicted octanol–water partition coefficient (Wildman–Crippen LogP) is 5.41. The molecule has 31 heavy (non-hydrogen) atoms. The van der Waals surface area contributed by atoms with Gasteiger partial charge in [-0.05, 0) is 60.7 Å². The summed E-state index contributed by atoms with van der Waals surface area (Å²) < 4.78 is 11.0. The number of esters is 1. The molecular formula is C27H29NO3. The third-order valence-electron chi connectivity index (χ3n) is 5.75. The molecule has 1 aliphatic heterocycles. The number of fused-ring (bicyclic) bond motifs is 1. The van der Waals surface area contributed by atoms with E-state index in [1.807, 2.05) is 50.2 Å². The molecule has 0 amide bonds. The fourth-order valence-electron chi connectivity index (χ4n) is 4.34. The average molecular weight is 416 g/mol. The van der Waals surface area contributed by atoms with E-state index in [1.54, 1.807) is 7.11 Å². The summed E-state index contributed by atoms with van der Waals surface area (Å²) in [6.07, 6.45) is 0.835. The Kier molecular flexibility index (Phi) is 6.38. The number of methoxy groups -OCH3 is 1. The highest BCUT2D eigenvalue weighted by atomic mass is 16.5. The molecule has 1 aliphatic rings. The molecule has 0 bridgehead atoms. The summed E-state index contributed by atoms with van der Waals surface area (Å²) >= 11 is 0. The number of benzene rings is 3. The summed E-state index contributed by atoms with van der Waals surface area (Å²) in [5.74, 6) is 0.586. The Bertz CT molecular complexity index is 1060. The zero-order valence-electron chi connectivity index (χ0n) is 18.4. The molecule has 0 fully saturated rings. The summed E-state index contributed by atoms with van der Waals surface area (Å²) in [5.41, 5.74) is 5.50. The van der Waals surface area contributed by atoms with Crippen molar-refractivity contribution in [2.45, 2.75) is 39.0 Å². The lowest BCUT2D eigenvalue weighted by Crippen LogP contribution is -2.36. The van der Waals surface area contributed by atoms with E-state index in [4.69, 9.17) is 9.47 Å². The van der Waals surface area contributed by atoms with E-state index < -0.39 is 0 Å². The second-order valence-electron chi connectivity index (χ2n) is 8.21. The van der Waals surface area contributed by atoms with Crippen molar-refractivity contribution in [1.29, 1.82) is 0 Å². The first kappa shape index (κ1) is 21.1. The van der Waals surface area contributed by atoms with Crippen LogP contribution in [0.5, 0.6) is 5.75 Å². The fourth-order valence-corrected chi connectivity index (χ4v) is 4.34. The second kappa shape index (κ2) is 9.36. The van der Waals surface area contributed by atoms with Crippen molar-refractivity contribution in [3.8, 4) is 5.75 Å². The van der Waals surface area contributed by atoms with E-state index in [-0.39, 0.29) is 18.1 Å². The summed E-state index contributed by atoms with van der Waals surface area (Å²) in [7, 11) is 1.70. The van der Waals surface area contributed by atoms with Crippen LogP contribution in [-0.2, 0) is 17.7 Å². The van der Waals surface area contributed by atoms with E-state index in [0.717, 1.165) is 24.3 Å². The van der Waals surface area contributed by atoms with E-state index in [2.05, 4.69) is 41.3 Å². The second-order valence-corrected chi connectivity index (χ2v) is 8.21. The highest BCUT2D eigenvalue weighted by molar-refractivity contribution is 5.91. The Morgan fingerprint density at radius 1 is 1.03 bits per heavy atom. The molecule has 0 saturated heterocycles. The van der Waals surface area contributed by atoms with Gasteiger partial charge in [-0.15, -0.1) is 0 Å². The zero-order chi connectivity index (χ0) is 21.8. The van der Waals surface area contributed by atoms with Crippen LogP contribution in [0, 0.1) is 0 Å². The van der Waals surface area contributed by atoms with Crippen LogP contribution in [0.2, 0.25) is 0 Å². The van der Waals surface area contributed by atoms with Crippen molar-refractivity contribution in [3.05, 3.63) is 101 Å². The molecule has 0 radical (unpaired) electrons. The van der Waals surface area contributed by atoms with Gasteiger partial charge in [0.25, 0.3) is 0 Å². The van der Waals surface area contributed by atoms with E-state index in [1.165, 1.54) is 16.7 Å². The molecule has 0 aliphatic carbocycles. The van der Waals surface area contributed by atoms with Gasteiger partial charge in [0.1, 0.15) is 5.75 Å². The molecule has 3 aromatic rings. The number of nitrogens with zero attached hydrogens (tertiary/aromatic N) is 1. The van der Waals surface area contributed by atoms with Gasteiger partial charge in [-0.1, -0.05) is 54.6 Å². The number of rotatable bonds is 6. The molecule has 0 spiro atoms. The molecule has 3 aromatic carbocycles. The van der Waals surface area contributed by atoms with Gasteiger partial charge in [-0.25, -0.2) is 4.79 Å². The SMILES string of the molecule is COc1cccc(C2c3ccccc3CCN2Cc2ccccc2C(=O)OC(C)C)c1. The number of carbonyl (C=O) groups excluding carboxylic acids is 1. The zero-order valence-corrected chi connectivity index (χ0v) is 18.4. The Morgan fingerprint density at radius 3 is 2.61 bits per heavy atom. The Labute approximate surface area is 184 Å². The quantitative estimate of drug-likeness (QED) is 0.505. The Hall–Kier alpha value is -3.11. The first-order valence-corrected chi connectivity index (χ1v) is 10.8. The van der Waals surface area contributed by atoms with Gasteiger partial charge in [0, 0.05) is 13.1 Å². The van der Waals surface area contributed by atoms with Crippen molar-refractivity contribution >= 4 is 5.97 Å². The van der Waals surface area contributed by atoms with Crippen molar-refractivity contribution in [1.82, 2.24) is 4.90 Å². The van der Waals surface area contributed by atoms with Gasteiger partial charge < -0.3 is 9.47 Å². The van der Waals surface area contributed by atoms with Crippen molar-refractivity contribution < 1.29 is 14.3 Å². The largest absolute Gasteiger partial charge is 0.497 e. The number of ether oxygens (including phenoxy) is 2. The standard InChI is InChI=1S/C27H29NO3/c1-19(2)31-27(29)25-14-7-5-10-22(25)18-28-16-15-20-9-4-6-13-24(20)26(28)21-11-8-12-23(17-21)30-3/h4-14,17,19,26H,15-16,18H2,1-3H3. The lowest BCUT2D eigenvalue weighted by molar-refractivity contribution is 0.0375. The molecular weight excluding hydrogens is 386 g/mol. The highest BCUT2D eigenvalue weighted by Gasteiger charge is 2.30. The minimum atomic E-state index is -0.263. The van der Waals surface area contributed by atoms with Crippen LogP contribution in [-0.4, -0.2) is 30.6 Å². The predicted molar refractivity (Wildman–Crippen MR) is 122 cm³/mol. The maximum atomic E-state index is 12.7. The van der Waals surface area contributed by atoms with Crippen molar-refractivity contribution in [2.75, 3.05) is 13.7 Å². The van der Waals surface area contributed by atoms with Crippen LogP contribution >= 0.6 is 0 Å². The summed E-state index contributed by atoms with van der Waals surface area (Å²) in [6, 6.07) is 24.8. The molecule has 0 aromatic heterocycles. The summed E-state index contributed by atoms with van der Waals surface area (Å²) in [6.45, 7) is 5.33. The molecule has 160 valence electrons. The molecule has 4 rings (SSSR count). The Morgan fingerprint density at radius 2 is 1.81 bits per heavy atom. The van der Waals surface area contributed by atoms with Crippen LogP contribution < -0.4 is 4.74 Å². The number of carbonyl (C=O) groups is 1. The maximum absolute atomic E-state index is 12.7. The molecule has 1 atom stereocenters. The van der Waals surface area contributed by atoms with Gasteiger partial charge >= 0.3 is 5.97 Å². The minimum absolute atomic E-state index is 0.0919. The molecule has 1 heterocycles. The van der Waals surface area contributed by atoms with Gasteiger partial charge in [0.2, 0.25) is 0 Å². The van der Waals surface area contributed by atoms with E-state index >= 15 is 0 Å². The van der Waals surface area contributed by atoms with Crippen molar-refractivity contribution in [3.63, 3.8) is 0 Å². The monoisotopic (exact) mass is 415 g/mol. The molecule has 0 saturated carbocycles. The first-order valence-electron chi connectivity index (χ1n) is 10.8. The third-order valence-corrected chi connectivity index (χ3v) is 5.75. The summed E-state index contributed by atoms with van der Waals surface area (Å²) in [4.78, 5) is 15.1. The molecule has 4 heteroatoms. The van der Waals surface area contributed by atoms with Gasteiger partial charge in [-0.2, -0.15) is 0 Å². The minimum Gasteiger partial charge on any atom is -0.497 e. The Balaban J connectivity index is 1.72. The number of hydrogen-bond donors (Lipinski definition) is 0.